The van der Waals surface area contributed by atoms with E-state index in [1.165, 1.54) is 24.4 Å². The molecule has 1 aromatic heterocycles. The minimum atomic E-state index is -1.09. The second kappa shape index (κ2) is 6.29. The SMILES string of the molecule is O=C(O)/C=C/c1cccnc1Oc1cc(Br)ccc1F. The lowest BCUT2D eigenvalue weighted by Gasteiger charge is -2.08. The highest BCUT2D eigenvalue weighted by Crippen LogP contribution is 2.28. The monoisotopic (exact) mass is 337 g/mol. The van der Waals surface area contributed by atoms with Gasteiger partial charge in [0.25, 0.3) is 0 Å². The summed E-state index contributed by atoms with van der Waals surface area (Å²) in [6.07, 6.45) is 3.77. The lowest BCUT2D eigenvalue weighted by atomic mass is 10.2. The Balaban J connectivity index is 2.34. The molecule has 1 N–H and O–H groups in total. The van der Waals surface area contributed by atoms with Crippen LogP contribution in [-0.4, -0.2) is 16.1 Å². The topological polar surface area (TPSA) is 59.4 Å². The van der Waals surface area contributed by atoms with Crippen LogP contribution in [0.3, 0.4) is 0 Å². The van der Waals surface area contributed by atoms with E-state index in [2.05, 4.69) is 20.9 Å². The van der Waals surface area contributed by atoms with Gasteiger partial charge >= 0.3 is 5.97 Å². The van der Waals surface area contributed by atoms with Crippen LogP contribution >= 0.6 is 15.9 Å². The molecule has 2 aromatic rings. The maximum atomic E-state index is 13.6. The standard InChI is InChI=1S/C14H9BrFNO3/c15-10-4-5-11(16)12(8-10)20-14-9(2-1-7-17-14)3-6-13(18)19/h1-8H,(H,18,19)/b6-3+. The number of pyridine rings is 1. The first kappa shape index (κ1) is 14.2. The van der Waals surface area contributed by atoms with Gasteiger partial charge in [0.1, 0.15) is 0 Å². The van der Waals surface area contributed by atoms with Crippen molar-refractivity contribution in [3.63, 3.8) is 0 Å². The molecular weight excluding hydrogens is 329 g/mol. The number of ether oxygens (including phenoxy) is 1. The number of carboxylic acids is 1. The average Bonchev–Trinajstić information content (AvgIpc) is 2.42. The number of aromatic nitrogens is 1. The highest BCUT2D eigenvalue weighted by molar-refractivity contribution is 9.10. The van der Waals surface area contributed by atoms with Gasteiger partial charge in [-0.3, -0.25) is 0 Å². The fourth-order valence-electron chi connectivity index (χ4n) is 1.44. The Morgan fingerprint density at radius 1 is 1.40 bits per heavy atom. The number of halogens is 2. The van der Waals surface area contributed by atoms with Crippen molar-refractivity contribution in [2.45, 2.75) is 0 Å². The van der Waals surface area contributed by atoms with Crippen molar-refractivity contribution in [3.05, 3.63) is 58.5 Å². The zero-order valence-electron chi connectivity index (χ0n) is 10.1. The van der Waals surface area contributed by atoms with Crippen LogP contribution < -0.4 is 4.74 Å². The highest BCUT2D eigenvalue weighted by atomic mass is 79.9. The van der Waals surface area contributed by atoms with Crippen molar-refractivity contribution >= 4 is 28.0 Å². The first-order valence-electron chi connectivity index (χ1n) is 5.55. The van der Waals surface area contributed by atoms with Crippen LogP contribution in [0.2, 0.25) is 0 Å². The summed E-state index contributed by atoms with van der Waals surface area (Å²) < 4.78 is 19.7. The molecule has 0 unspecified atom stereocenters. The van der Waals surface area contributed by atoms with E-state index in [1.54, 1.807) is 18.2 Å². The minimum absolute atomic E-state index is 0.00282. The quantitative estimate of drug-likeness (QED) is 0.860. The number of carboxylic acid groups (broad SMARTS) is 1. The van der Waals surface area contributed by atoms with Gasteiger partial charge in [-0.1, -0.05) is 15.9 Å². The van der Waals surface area contributed by atoms with Gasteiger partial charge in [-0.25, -0.2) is 14.2 Å². The molecule has 4 nitrogen and oxygen atoms in total. The van der Waals surface area contributed by atoms with E-state index in [1.807, 2.05) is 0 Å². The van der Waals surface area contributed by atoms with Crippen LogP contribution in [0.5, 0.6) is 11.6 Å². The summed E-state index contributed by atoms with van der Waals surface area (Å²) in [6.45, 7) is 0. The van der Waals surface area contributed by atoms with Crippen LogP contribution in [-0.2, 0) is 4.79 Å². The molecule has 0 atom stereocenters. The average molecular weight is 338 g/mol. The van der Waals surface area contributed by atoms with Gasteiger partial charge < -0.3 is 9.84 Å². The smallest absolute Gasteiger partial charge is 0.328 e. The third kappa shape index (κ3) is 3.64. The van der Waals surface area contributed by atoms with Gasteiger partial charge in [0, 0.05) is 22.3 Å². The molecule has 0 bridgehead atoms. The summed E-state index contributed by atoms with van der Waals surface area (Å²) in [4.78, 5) is 14.5. The van der Waals surface area contributed by atoms with E-state index in [9.17, 15) is 9.18 Å². The number of rotatable bonds is 4. The van der Waals surface area contributed by atoms with Gasteiger partial charge in [-0.2, -0.15) is 0 Å². The number of carbonyl (C=O) groups is 1. The van der Waals surface area contributed by atoms with Crippen LogP contribution in [0.15, 0.2) is 47.1 Å². The summed E-state index contributed by atoms with van der Waals surface area (Å²) in [5.41, 5.74) is 0.439. The second-order valence-corrected chi connectivity index (χ2v) is 4.66. The molecule has 0 saturated heterocycles. The number of hydrogen-bond donors (Lipinski definition) is 1. The Morgan fingerprint density at radius 2 is 2.20 bits per heavy atom. The zero-order chi connectivity index (χ0) is 14.5. The fraction of sp³-hybridized carbons (Fsp3) is 0. The van der Waals surface area contributed by atoms with Crippen LogP contribution in [0.25, 0.3) is 6.08 Å². The Hall–Kier alpha value is -2.21. The van der Waals surface area contributed by atoms with Gasteiger partial charge in [0.05, 0.1) is 0 Å². The van der Waals surface area contributed by atoms with E-state index in [-0.39, 0.29) is 11.6 Å². The van der Waals surface area contributed by atoms with Crippen molar-refractivity contribution in [1.82, 2.24) is 4.98 Å². The Morgan fingerprint density at radius 3 is 2.95 bits per heavy atom. The first-order chi connectivity index (χ1) is 9.56. The Labute approximate surface area is 122 Å². The Kier molecular flexibility index (Phi) is 4.47. The molecule has 0 amide bonds. The lowest BCUT2D eigenvalue weighted by Crippen LogP contribution is -1.94. The number of hydrogen-bond acceptors (Lipinski definition) is 3. The molecule has 102 valence electrons. The molecule has 0 aliphatic rings. The maximum absolute atomic E-state index is 13.6. The third-order valence-corrected chi connectivity index (χ3v) is 2.80. The van der Waals surface area contributed by atoms with E-state index < -0.39 is 11.8 Å². The normalized spacial score (nSPS) is 10.7. The number of nitrogens with zero attached hydrogens (tertiary/aromatic N) is 1. The van der Waals surface area contributed by atoms with E-state index in [0.29, 0.717) is 10.0 Å². The second-order valence-electron chi connectivity index (χ2n) is 3.75. The van der Waals surface area contributed by atoms with Gasteiger partial charge in [0.2, 0.25) is 5.88 Å². The molecule has 6 heteroatoms. The molecule has 0 radical (unpaired) electrons. The molecule has 1 heterocycles. The maximum Gasteiger partial charge on any atom is 0.328 e. The minimum Gasteiger partial charge on any atom is -0.478 e. The Bertz CT molecular complexity index is 673. The zero-order valence-corrected chi connectivity index (χ0v) is 11.7. The summed E-state index contributed by atoms with van der Waals surface area (Å²) in [5, 5.41) is 8.62. The number of benzene rings is 1. The van der Waals surface area contributed by atoms with Gasteiger partial charge in [0.15, 0.2) is 11.6 Å². The molecular formula is C14H9BrFNO3. The van der Waals surface area contributed by atoms with E-state index in [4.69, 9.17) is 9.84 Å². The molecule has 0 aliphatic carbocycles. The van der Waals surface area contributed by atoms with Gasteiger partial charge in [-0.15, -0.1) is 0 Å². The lowest BCUT2D eigenvalue weighted by molar-refractivity contribution is -0.131. The third-order valence-electron chi connectivity index (χ3n) is 2.31. The molecule has 20 heavy (non-hydrogen) atoms. The van der Waals surface area contributed by atoms with Crippen molar-refractivity contribution in [1.29, 1.82) is 0 Å². The largest absolute Gasteiger partial charge is 0.478 e. The summed E-state index contributed by atoms with van der Waals surface area (Å²) in [7, 11) is 0. The van der Waals surface area contributed by atoms with Crippen molar-refractivity contribution < 1.29 is 19.0 Å². The molecule has 0 fully saturated rings. The molecule has 0 spiro atoms. The fourth-order valence-corrected chi connectivity index (χ4v) is 1.78. The molecule has 0 saturated carbocycles. The van der Waals surface area contributed by atoms with Crippen molar-refractivity contribution in [2.75, 3.05) is 0 Å². The first-order valence-corrected chi connectivity index (χ1v) is 6.34. The van der Waals surface area contributed by atoms with E-state index >= 15 is 0 Å². The highest BCUT2D eigenvalue weighted by Gasteiger charge is 2.09. The van der Waals surface area contributed by atoms with Crippen molar-refractivity contribution in [3.8, 4) is 11.6 Å². The van der Waals surface area contributed by atoms with Crippen LogP contribution in [0.1, 0.15) is 5.56 Å². The molecule has 2 rings (SSSR count). The van der Waals surface area contributed by atoms with Gasteiger partial charge in [-0.05, 0) is 36.4 Å². The van der Waals surface area contributed by atoms with E-state index in [0.717, 1.165) is 6.08 Å². The van der Waals surface area contributed by atoms with Crippen LogP contribution in [0.4, 0.5) is 4.39 Å². The molecule has 1 aromatic carbocycles. The summed E-state index contributed by atoms with van der Waals surface area (Å²) >= 11 is 3.22. The summed E-state index contributed by atoms with van der Waals surface area (Å²) in [6, 6.07) is 7.53. The van der Waals surface area contributed by atoms with Crippen LogP contribution in [0, 0.1) is 5.82 Å². The predicted molar refractivity (Wildman–Crippen MR) is 75.1 cm³/mol. The summed E-state index contributed by atoms with van der Waals surface area (Å²) in [5.74, 6) is -1.49. The van der Waals surface area contributed by atoms with Crippen molar-refractivity contribution in [2.24, 2.45) is 0 Å². The molecule has 0 aliphatic heterocycles. The number of aliphatic carboxylic acids is 1. The predicted octanol–water partition coefficient (Wildman–Crippen LogP) is 3.87.